The molecule has 0 fully saturated rings. The average Bonchev–Trinajstić information content (AvgIpc) is 2.91. The Balaban J connectivity index is 2.66. The average molecular weight is 493 g/mol. The Morgan fingerprint density at radius 2 is 0.742 bits per heavy atom. The highest BCUT2D eigenvalue weighted by Crippen LogP contribution is 2.75. The van der Waals surface area contributed by atoms with Crippen molar-refractivity contribution < 1.29 is 0 Å². The van der Waals surface area contributed by atoms with E-state index in [4.69, 9.17) is 0 Å². The third-order valence-corrected chi connectivity index (χ3v) is 38.7. The lowest BCUT2D eigenvalue weighted by atomic mass is 9.96. The topological polar surface area (TPSA) is 0 Å². The van der Waals surface area contributed by atoms with Crippen LogP contribution in [0.15, 0.2) is 60.7 Å². The van der Waals surface area contributed by atoms with E-state index in [0.717, 1.165) is 0 Å². The SMILES string of the molecule is C[Si](C)C1([Si](C)C)C(c2ccccc2)=C(c2ccccc2)C([Si](C)C)([Si](C)C)[Si]1(C)C. The summed E-state index contributed by atoms with van der Waals surface area (Å²) in [6.07, 6.45) is 0. The molecule has 0 nitrogen and oxygen atoms in total. The maximum Gasteiger partial charge on any atom is 0.0575 e. The van der Waals surface area contributed by atoms with Crippen molar-refractivity contribution >= 4 is 54.4 Å². The van der Waals surface area contributed by atoms with Gasteiger partial charge in [-0.25, -0.2) is 0 Å². The largest absolute Gasteiger partial charge is 0.0710 e. The van der Waals surface area contributed by atoms with Crippen LogP contribution in [0.1, 0.15) is 11.1 Å². The molecule has 2 aromatic carbocycles. The zero-order chi connectivity index (χ0) is 23.2. The Kier molecular flexibility index (Phi) is 7.14. The van der Waals surface area contributed by atoms with Crippen molar-refractivity contribution in [3.05, 3.63) is 71.8 Å². The molecule has 0 atom stereocenters. The first-order chi connectivity index (χ1) is 14.5. The van der Waals surface area contributed by atoms with E-state index in [1.807, 2.05) is 0 Å². The van der Waals surface area contributed by atoms with E-state index in [0.29, 0.717) is 8.57 Å². The minimum Gasteiger partial charge on any atom is -0.0710 e. The summed E-state index contributed by atoms with van der Waals surface area (Å²) in [5.74, 6) is 0. The van der Waals surface area contributed by atoms with E-state index in [2.05, 4.69) is 126 Å². The van der Waals surface area contributed by atoms with Gasteiger partial charge in [0.05, 0.1) is 8.07 Å². The zero-order valence-corrected chi connectivity index (χ0v) is 26.3. The molecule has 0 N–H and O–H groups in total. The van der Waals surface area contributed by atoms with Crippen molar-refractivity contribution in [1.29, 1.82) is 0 Å². The molecule has 1 aliphatic heterocycles. The van der Waals surface area contributed by atoms with Crippen LogP contribution in [0.4, 0.5) is 0 Å². The first-order valence-corrected chi connectivity index (χ1v) is 24.6. The minimum atomic E-state index is -1.74. The molecule has 5 heteroatoms. The van der Waals surface area contributed by atoms with E-state index in [1.54, 1.807) is 11.1 Å². The summed E-state index contributed by atoms with van der Waals surface area (Å²) in [6.45, 7) is 26.8. The zero-order valence-electron chi connectivity index (χ0n) is 21.3. The molecule has 0 saturated heterocycles. The Labute approximate surface area is 199 Å². The molecule has 0 unspecified atom stereocenters. The molecule has 0 saturated carbocycles. The van der Waals surface area contributed by atoms with Crippen LogP contribution in [0.25, 0.3) is 11.1 Å². The second kappa shape index (κ2) is 8.90. The van der Waals surface area contributed by atoms with Gasteiger partial charge in [0.1, 0.15) is 0 Å². The first kappa shape index (κ1) is 24.9. The molecule has 31 heavy (non-hydrogen) atoms. The fourth-order valence-electron chi connectivity index (χ4n) is 7.71. The molecule has 3 rings (SSSR count). The molecule has 1 heterocycles. The van der Waals surface area contributed by atoms with Crippen LogP contribution >= 0.6 is 0 Å². The molecule has 4 radical (unpaired) electrons. The molecule has 0 spiro atoms. The number of hydrogen-bond donors (Lipinski definition) is 0. The lowest BCUT2D eigenvalue weighted by Gasteiger charge is -2.57. The second-order valence-electron chi connectivity index (χ2n) is 10.6. The van der Waals surface area contributed by atoms with Crippen molar-refractivity contribution in [3.63, 3.8) is 0 Å². The van der Waals surface area contributed by atoms with E-state index < -0.39 is 43.3 Å². The smallest absolute Gasteiger partial charge is 0.0575 e. The molecule has 0 aromatic heterocycles. The summed E-state index contributed by atoms with van der Waals surface area (Å²) in [7, 11) is -4.00. The highest BCUT2D eigenvalue weighted by atomic mass is 28.5. The summed E-state index contributed by atoms with van der Waals surface area (Å²) in [5, 5.41) is 0. The number of benzene rings is 2. The van der Waals surface area contributed by atoms with E-state index in [1.165, 1.54) is 11.1 Å². The molecule has 0 aliphatic carbocycles. The molecule has 0 amide bonds. The maximum atomic E-state index is 2.83. The molecule has 164 valence electrons. The number of hydrogen-bond acceptors (Lipinski definition) is 0. The van der Waals surface area contributed by atoms with Gasteiger partial charge in [0, 0.05) is 35.2 Å². The molecule has 0 bridgehead atoms. The van der Waals surface area contributed by atoms with Gasteiger partial charge >= 0.3 is 0 Å². The van der Waals surface area contributed by atoms with E-state index in [-0.39, 0.29) is 0 Å². The molecule has 1 aliphatic rings. The predicted molar refractivity (Wildman–Crippen MR) is 152 cm³/mol. The van der Waals surface area contributed by atoms with Gasteiger partial charge in [-0.15, -0.1) is 0 Å². The standard InChI is InChI=1S/C26H40Si5/c1-27(2)25(28(3)4)23(21-17-13-11-14-18-21)24(22-19-15-12-16-20-22)26(29(5)6,30(7)8)31(25,9)10/h11-20H,1-10H3. The van der Waals surface area contributed by atoms with Crippen LogP contribution in [0.2, 0.25) is 74.0 Å². The van der Waals surface area contributed by atoms with Crippen LogP contribution in [0.5, 0.6) is 0 Å². The van der Waals surface area contributed by atoms with Gasteiger partial charge < -0.3 is 0 Å². The van der Waals surface area contributed by atoms with E-state index >= 15 is 0 Å². The lowest BCUT2D eigenvalue weighted by molar-refractivity contribution is 1.17. The summed E-state index contributed by atoms with van der Waals surface area (Å²) >= 11 is 0. The fraction of sp³-hybridized carbons (Fsp3) is 0.462. The van der Waals surface area contributed by atoms with Crippen molar-refractivity contribution in [2.24, 2.45) is 0 Å². The van der Waals surface area contributed by atoms with Gasteiger partial charge in [-0.05, 0) is 30.8 Å². The third kappa shape index (κ3) is 3.29. The van der Waals surface area contributed by atoms with E-state index in [9.17, 15) is 0 Å². The van der Waals surface area contributed by atoms with Crippen LogP contribution in [0, 0.1) is 0 Å². The predicted octanol–water partition coefficient (Wildman–Crippen LogP) is 7.97. The van der Waals surface area contributed by atoms with Gasteiger partial charge in [-0.3, -0.25) is 0 Å². The van der Waals surface area contributed by atoms with Crippen LogP contribution in [-0.4, -0.2) is 43.3 Å². The Hall–Kier alpha value is -0.736. The van der Waals surface area contributed by atoms with Crippen LogP contribution < -0.4 is 0 Å². The van der Waals surface area contributed by atoms with Crippen molar-refractivity contribution in [1.82, 2.24) is 0 Å². The van der Waals surface area contributed by atoms with Crippen LogP contribution in [0.3, 0.4) is 0 Å². The van der Waals surface area contributed by atoms with Crippen molar-refractivity contribution in [2.45, 2.75) is 74.0 Å². The quantitative estimate of drug-likeness (QED) is 0.358. The summed E-state index contributed by atoms with van der Waals surface area (Å²) in [6, 6.07) is 23.2. The van der Waals surface area contributed by atoms with Gasteiger partial charge in [0.25, 0.3) is 0 Å². The Bertz CT molecular complexity index is 835. The fourth-order valence-corrected chi connectivity index (χ4v) is 44.9. The molecular formula is C26H40Si5. The van der Waals surface area contributed by atoms with Crippen molar-refractivity contribution in [2.75, 3.05) is 0 Å². The van der Waals surface area contributed by atoms with Gasteiger partial charge in [-0.1, -0.05) is 126 Å². The lowest BCUT2D eigenvalue weighted by Crippen LogP contribution is -2.65. The number of rotatable bonds is 6. The highest BCUT2D eigenvalue weighted by Gasteiger charge is 2.71. The molecule has 2 aromatic rings. The van der Waals surface area contributed by atoms with Crippen LogP contribution in [-0.2, 0) is 0 Å². The van der Waals surface area contributed by atoms with Gasteiger partial charge in [0.15, 0.2) is 0 Å². The minimum absolute atomic E-state index is 0.457. The first-order valence-electron chi connectivity index (χ1n) is 11.6. The molecular weight excluding hydrogens is 453 g/mol. The second-order valence-corrected chi connectivity index (χ2v) is 29.4. The Morgan fingerprint density at radius 3 is 0.968 bits per heavy atom. The summed E-state index contributed by atoms with van der Waals surface area (Å²) in [5.41, 5.74) is 6.64. The Morgan fingerprint density at radius 1 is 0.484 bits per heavy atom. The van der Waals surface area contributed by atoms with Crippen molar-refractivity contribution in [3.8, 4) is 0 Å². The maximum absolute atomic E-state index is 2.83. The monoisotopic (exact) mass is 492 g/mol. The summed E-state index contributed by atoms with van der Waals surface area (Å²) < 4.78 is 0.914. The highest BCUT2D eigenvalue weighted by molar-refractivity contribution is 7.21. The van der Waals surface area contributed by atoms with Gasteiger partial charge in [-0.2, -0.15) is 0 Å². The third-order valence-electron chi connectivity index (χ3n) is 8.00. The number of allylic oxidation sites excluding steroid dienone is 2. The van der Waals surface area contributed by atoms with Gasteiger partial charge in [0.2, 0.25) is 0 Å². The normalized spacial score (nSPS) is 19.8. The summed E-state index contributed by atoms with van der Waals surface area (Å²) in [4.78, 5) is 0.